The lowest BCUT2D eigenvalue weighted by Gasteiger charge is -2.18. The zero-order valence-electron chi connectivity index (χ0n) is 15.0. The summed E-state index contributed by atoms with van der Waals surface area (Å²) in [4.78, 5) is 25.8. The summed E-state index contributed by atoms with van der Waals surface area (Å²) in [5.41, 5.74) is 2.05. The second-order valence-corrected chi connectivity index (χ2v) is 8.42. The van der Waals surface area contributed by atoms with Crippen molar-refractivity contribution in [1.82, 2.24) is 0 Å². The van der Waals surface area contributed by atoms with Crippen molar-refractivity contribution in [1.29, 1.82) is 0 Å². The van der Waals surface area contributed by atoms with Gasteiger partial charge in [-0.15, -0.1) is 11.3 Å². The lowest BCUT2D eigenvalue weighted by Crippen LogP contribution is -2.14. The van der Waals surface area contributed by atoms with Gasteiger partial charge in [-0.1, -0.05) is 36.2 Å². The number of amides is 1. The molecule has 0 spiro atoms. The number of thiophene rings is 1. The average molecular weight is 424 g/mol. The highest BCUT2D eigenvalue weighted by Gasteiger charge is 2.28. The monoisotopic (exact) mass is 423 g/mol. The summed E-state index contributed by atoms with van der Waals surface area (Å²) in [5.74, 6) is -0.217. The van der Waals surface area contributed by atoms with Crippen LogP contribution in [0.15, 0.2) is 24.3 Å². The number of carbonyl (C=O) groups excluding carboxylic acids is 2. The van der Waals surface area contributed by atoms with Crippen LogP contribution < -0.4 is 5.32 Å². The van der Waals surface area contributed by atoms with E-state index in [1.165, 1.54) is 24.5 Å². The molecule has 0 saturated heterocycles. The first-order chi connectivity index (χ1) is 12.9. The second kappa shape index (κ2) is 8.46. The minimum Gasteiger partial charge on any atom is -0.465 e. The van der Waals surface area contributed by atoms with Crippen LogP contribution in [0.3, 0.4) is 0 Å². The van der Waals surface area contributed by atoms with Gasteiger partial charge in [0.15, 0.2) is 0 Å². The first-order valence-corrected chi connectivity index (χ1v) is 10.1. The molecule has 1 N–H and O–H groups in total. The molecule has 1 aromatic heterocycles. The Balaban J connectivity index is 1.85. The third kappa shape index (κ3) is 4.37. The lowest BCUT2D eigenvalue weighted by atomic mass is 9.88. The fourth-order valence-electron chi connectivity index (χ4n) is 3.14. The first-order valence-electron chi connectivity index (χ1n) is 8.56. The summed E-state index contributed by atoms with van der Waals surface area (Å²) < 4.78 is 4.93. The van der Waals surface area contributed by atoms with Gasteiger partial charge in [0.25, 0.3) is 0 Å². The van der Waals surface area contributed by atoms with Crippen molar-refractivity contribution >= 4 is 57.5 Å². The molecule has 0 aliphatic heterocycles. The molecule has 4 nitrogen and oxygen atoms in total. The van der Waals surface area contributed by atoms with Gasteiger partial charge in [0.2, 0.25) is 5.91 Å². The summed E-state index contributed by atoms with van der Waals surface area (Å²) in [6.07, 6.45) is 5.66. The van der Waals surface area contributed by atoms with Gasteiger partial charge in [0.1, 0.15) is 5.00 Å². The maximum Gasteiger partial charge on any atom is 0.341 e. The van der Waals surface area contributed by atoms with Gasteiger partial charge in [-0.25, -0.2) is 4.79 Å². The molecule has 3 rings (SSSR count). The highest BCUT2D eigenvalue weighted by atomic mass is 35.5. The van der Waals surface area contributed by atoms with E-state index in [0.29, 0.717) is 32.1 Å². The molecule has 0 bridgehead atoms. The van der Waals surface area contributed by atoms with Gasteiger partial charge < -0.3 is 10.1 Å². The van der Waals surface area contributed by atoms with Gasteiger partial charge in [-0.3, -0.25) is 4.79 Å². The van der Waals surface area contributed by atoms with Crippen LogP contribution in [0.2, 0.25) is 10.0 Å². The van der Waals surface area contributed by atoms with Crippen molar-refractivity contribution in [2.45, 2.75) is 26.2 Å². The summed E-state index contributed by atoms with van der Waals surface area (Å²) in [7, 11) is 1.35. The highest BCUT2D eigenvalue weighted by molar-refractivity contribution is 7.17. The normalized spacial score (nSPS) is 16.2. The minimum atomic E-state index is -0.421. The van der Waals surface area contributed by atoms with Crippen LogP contribution in [0.5, 0.6) is 0 Å². The fraction of sp³-hybridized carbons (Fsp3) is 0.300. The number of benzene rings is 1. The number of nitrogens with one attached hydrogen (secondary N) is 1. The van der Waals surface area contributed by atoms with E-state index in [1.807, 2.05) is 0 Å². The summed E-state index contributed by atoms with van der Waals surface area (Å²) in [6.45, 7) is 2.19. The molecular weight excluding hydrogens is 405 g/mol. The van der Waals surface area contributed by atoms with E-state index in [0.717, 1.165) is 29.7 Å². The Morgan fingerprint density at radius 1 is 1.30 bits per heavy atom. The van der Waals surface area contributed by atoms with Gasteiger partial charge in [-0.2, -0.15) is 0 Å². The van der Waals surface area contributed by atoms with E-state index in [2.05, 4.69) is 12.2 Å². The largest absolute Gasteiger partial charge is 0.465 e. The van der Waals surface area contributed by atoms with Crippen LogP contribution in [0.25, 0.3) is 6.08 Å². The first kappa shape index (κ1) is 19.9. The van der Waals surface area contributed by atoms with Crippen molar-refractivity contribution in [3.05, 3.63) is 55.9 Å². The number of anilines is 1. The zero-order chi connectivity index (χ0) is 19.6. The second-order valence-electron chi connectivity index (χ2n) is 6.51. The minimum absolute atomic E-state index is 0.359. The summed E-state index contributed by atoms with van der Waals surface area (Å²) in [6, 6.07) is 5.14. The van der Waals surface area contributed by atoms with Gasteiger partial charge in [0.05, 0.1) is 12.7 Å². The molecule has 0 saturated carbocycles. The summed E-state index contributed by atoms with van der Waals surface area (Å²) >= 11 is 13.7. The molecule has 1 amide bonds. The molecule has 1 aromatic carbocycles. The molecule has 7 heteroatoms. The van der Waals surface area contributed by atoms with Crippen LogP contribution in [-0.4, -0.2) is 19.0 Å². The predicted molar refractivity (Wildman–Crippen MR) is 111 cm³/mol. The molecule has 1 aliphatic carbocycles. The number of fused-ring (bicyclic) bond motifs is 1. The highest BCUT2D eigenvalue weighted by Crippen LogP contribution is 2.40. The molecular formula is C20H19Cl2NO3S. The fourth-order valence-corrected chi connectivity index (χ4v) is 5.06. The Labute approximate surface area is 172 Å². The topological polar surface area (TPSA) is 55.4 Å². The third-order valence-corrected chi connectivity index (χ3v) is 6.37. The van der Waals surface area contributed by atoms with E-state index in [9.17, 15) is 9.59 Å². The Bertz CT molecular complexity index is 900. The molecule has 0 fully saturated rings. The van der Waals surface area contributed by atoms with E-state index < -0.39 is 5.97 Å². The maximum absolute atomic E-state index is 12.4. The number of hydrogen-bond acceptors (Lipinski definition) is 4. The molecule has 1 unspecified atom stereocenters. The smallest absolute Gasteiger partial charge is 0.341 e. The Morgan fingerprint density at radius 3 is 2.67 bits per heavy atom. The van der Waals surface area contributed by atoms with Crippen molar-refractivity contribution in [3.8, 4) is 0 Å². The van der Waals surface area contributed by atoms with Crippen LogP contribution in [0.1, 0.15) is 39.7 Å². The quantitative estimate of drug-likeness (QED) is 0.512. The molecule has 0 radical (unpaired) electrons. The Morgan fingerprint density at radius 2 is 2.00 bits per heavy atom. The number of halogens is 2. The van der Waals surface area contributed by atoms with Crippen LogP contribution in [-0.2, 0) is 22.4 Å². The van der Waals surface area contributed by atoms with Crippen molar-refractivity contribution in [2.75, 3.05) is 12.4 Å². The van der Waals surface area contributed by atoms with E-state index in [-0.39, 0.29) is 5.91 Å². The van der Waals surface area contributed by atoms with E-state index in [4.69, 9.17) is 27.9 Å². The van der Waals surface area contributed by atoms with Crippen molar-refractivity contribution in [3.63, 3.8) is 0 Å². The lowest BCUT2D eigenvalue weighted by molar-refractivity contribution is -0.111. The Kier molecular flexibility index (Phi) is 6.25. The Hall–Kier alpha value is -1.82. The standard InChI is InChI=1S/C20H19Cl2NO3S/c1-11-6-7-13-16(10-11)27-19(18(13)20(25)26-2)23-17(24)9-8-12-14(21)4-3-5-15(12)22/h3-5,8-9,11H,6-7,10H2,1-2H3,(H,23,24)/b9-8+. The molecule has 1 atom stereocenters. The van der Waals surface area contributed by atoms with Crippen LogP contribution in [0, 0.1) is 5.92 Å². The van der Waals surface area contributed by atoms with E-state index in [1.54, 1.807) is 24.3 Å². The van der Waals surface area contributed by atoms with Crippen molar-refractivity contribution in [2.24, 2.45) is 5.92 Å². The number of methoxy groups -OCH3 is 1. The number of rotatable bonds is 4. The average Bonchev–Trinajstić information content (AvgIpc) is 2.97. The summed E-state index contributed by atoms with van der Waals surface area (Å²) in [5, 5.41) is 4.26. The van der Waals surface area contributed by atoms with Crippen LogP contribution in [0.4, 0.5) is 5.00 Å². The molecule has 1 aliphatic rings. The van der Waals surface area contributed by atoms with E-state index >= 15 is 0 Å². The number of hydrogen-bond donors (Lipinski definition) is 1. The molecule has 2 aromatic rings. The van der Waals surface area contributed by atoms with Gasteiger partial charge in [0, 0.05) is 26.6 Å². The number of ether oxygens (including phenoxy) is 1. The SMILES string of the molecule is COC(=O)c1c(NC(=O)/C=C/c2c(Cl)cccc2Cl)sc2c1CCC(C)C2. The zero-order valence-corrected chi connectivity index (χ0v) is 17.3. The van der Waals surface area contributed by atoms with Gasteiger partial charge >= 0.3 is 5.97 Å². The third-order valence-electron chi connectivity index (χ3n) is 4.54. The number of carbonyl (C=O) groups is 2. The molecule has 1 heterocycles. The van der Waals surface area contributed by atoms with Crippen molar-refractivity contribution < 1.29 is 14.3 Å². The van der Waals surface area contributed by atoms with Gasteiger partial charge in [-0.05, 0) is 49.0 Å². The van der Waals surface area contributed by atoms with Crippen LogP contribution >= 0.6 is 34.5 Å². The number of esters is 1. The molecule has 27 heavy (non-hydrogen) atoms. The maximum atomic E-state index is 12.4. The molecule has 142 valence electrons. The predicted octanol–water partition coefficient (Wildman–Crippen LogP) is 5.62.